The lowest BCUT2D eigenvalue weighted by atomic mass is 9.95. The van der Waals surface area contributed by atoms with Gasteiger partial charge in [-0.15, -0.1) is 0 Å². The molecule has 1 N–H and O–H groups in total. The zero-order chi connectivity index (χ0) is 15.5. The number of Topliss-reactive ketones (excluding diaryl/α,β-unsaturated/α-hetero) is 1. The molecule has 0 saturated carbocycles. The number of amides is 1. The van der Waals surface area contributed by atoms with Crippen LogP contribution < -0.4 is 5.32 Å². The van der Waals surface area contributed by atoms with Crippen LogP contribution in [0.15, 0.2) is 18.2 Å². The van der Waals surface area contributed by atoms with Crippen LogP contribution in [0.3, 0.4) is 0 Å². The van der Waals surface area contributed by atoms with Gasteiger partial charge in [0.15, 0.2) is 5.78 Å². The van der Waals surface area contributed by atoms with Crippen molar-refractivity contribution < 1.29 is 19.1 Å². The highest BCUT2D eigenvalue weighted by atomic mass is 35.5. The lowest BCUT2D eigenvalue weighted by Gasteiger charge is -2.15. The van der Waals surface area contributed by atoms with E-state index in [-0.39, 0.29) is 17.6 Å². The zero-order valence-corrected chi connectivity index (χ0v) is 12.9. The van der Waals surface area contributed by atoms with Gasteiger partial charge in [-0.1, -0.05) is 11.6 Å². The third kappa shape index (κ3) is 3.32. The molecule has 3 rings (SSSR count). The van der Waals surface area contributed by atoms with Crippen LogP contribution >= 0.6 is 11.6 Å². The smallest absolute Gasteiger partial charge is 0.253 e. The van der Waals surface area contributed by atoms with E-state index >= 15 is 0 Å². The van der Waals surface area contributed by atoms with Gasteiger partial charge >= 0.3 is 0 Å². The Bertz CT molecular complexity index is 578. The Balaban J connectivity index is 1.80. The number of carbonyl (C=O) groups is 2. The van der Waals surface area contributed by atoms with Crippen LogP contribution in [0.4, 0.5) is 5.69 Å². The van der Waals surface area contributed by atoms with Crippen LogP contribution in [-0.4, -0.2) is 37.6 Å². The zero-order valence-electron chi connectivity index (χ0n) is 12.1. The highest BCUT2D eigenvalue weighted by Gasteiger charge is 2.28. The molecule has 2 saturated heterocycles. The molecule has 0 bridgehead atoms. The van der Waals surface area contributed by atoms with Gasteiger partial charge in [0, 0.05) is 29.7 Å². The van der Waals surface area contributed by atoms with Crippen molar-refractivity contribution in [3.8, 4) is 0 Å². The van der Waals surface area contributed by atoms with E-state index in [1.165, 1.54) is 0 Å². The SMILES string of the molecule is O=C(c1ccc(Cl)cc1NC(=O)[C@H]1CCCO1)C1CCOC1. The van der Waals surface area contributed by atoms with Crippen LogP contribution in [0, 0.1) is 5.92 Å². The average Bonchev–Trinajstić information content (AvgIpc) is 3.20. The number of rotatable bonds is 4. The van der Waals surface area contributed by atoms with Crippen LogP contribution in [0.25, 0.3) is 0 Å². The molecule has 0 aliphatic carbocycles. The van der Waals surface area contributed by atoms with Gasteiger partial charge < -0.3 is 14.8 Å². The summed E-state index contributed by atoms with van der Waals surface area (Å²) in [5.74, 6) is -0.396. The quantitative estimate of drug-likeness (QED) is 0.865. The van der Waals surface area contributed by atoms with Crippen molar-refractivity contribution in [2.75, 3.05) is 25.1 Å². The first kappa shape index (κ1) is 15.5. The van der Waals surface area contributed by atoms with Crippen molar-refractivity contribution in [3.63, 3.8) is 0 Å². The van der Waals surface area contributed by atoms with Crippen LogP contribution in [-0.2, 0) is 14.3 Å². The fourth-order valence-corrected chi connectivity index (χ4v) is 2.97. The molecule has 2 heterocycles. The lowest BCUT2D eigenvalue weighted by Crippen LogP contribution is -2.28. The molecule has 1 aromatic rings. The number of nitrogens with one attached hydrogen (secondary N) is 1. The van der Waals surface area contributed by atoms with Gasteiger partial charge in [-0.25, -0.2) is 0 Å². The highest BCUT2D eigenvalue weighted by Crippen LogP contribution is 2.27. The summed E-state index contributed by atoms with van der Waals surface area (Å²) < 4.78 is 10.6. The molecular weight excluding hydrogens is 306 g/mol. The Labute approximate surface area is 133 Å². The van der Waals surface area contributed by atoms with Gasteiger partial charge in [0.25, 0.3) is 5.91 Å². The number of carbonyl (C=O) groups excluding carboxylic acids is 2. The van der Waals surface area contributed by atoms with Crippen LogP contribution in [0.2, 0.25) is 5.02 Å². The number of benzene rings is 1. The number of anilines is 1. The predicted molar refractivity (Wildman–Crippen MR) is 82.3 cm³/mol. The van der Waals surface area contributed by atoms with E-state index in [1.54, 1.807) is 18.2 Å². The molecule has 118 valence electrons. The standard InChI is InChI=1S/C16H18ClNO4/c17-11-3-4-12(15(19)10-5-7-21-9-10)13(8-11)18-16(20)14-2-1-6-22-14/h3-4,8,10,14H,1-2,5-7,9H2,(H,18,20)/t10?,14-/m1/s1. The third-order valence-electron chi connectivity index (χ3n) is 4.03. The van der Waals surface area contributed by atoms with Crippen LogP contribution in [0.1, 0.15) is 29.6 Å². The molecule has 2 atom stereocenters. The van der Waals surface area contributed by atoms with E-state index in [9.17, 15) is 9.59 Å². The van der Waals surface area contributed by atoms with Gasteiger partial charge in [-0.3, -0.25) is 9.59 Å². The minimum absolute atomic E-state index is 0.0168. The summed E-state index contributed by atoms with van der Waals surface area (Å²) in [5.41, 5.74) is 0.927. The second kappa shape index (κ2) is 6.77. The third-order valence-corrected chi connectivity index (χ3v) is 4.26. The predicted octanol–water partition coefficient (Wildman–Crippen LogP) is 2.68. The van der Waals surface area contributed by atoms with Crippen molar-refractivity contribution in [2.24, 2.45) is 5.92 Å². The molecule has 1 amide bonds. The van der Waals surface area contributed by atoms with E-state index in [4.69, 9.17) is 21.1 Å². The van der Waals surface area contributed by atoms with Crippen LogP contribution in [0.5, 0.6) is 0 Å². The summed E-state index contributed by atoms with van der Waals surface area (Å²) in [6.07, 6.45) is 1.84. The maximum Gasteiger partial charge on any atom is 0.253 e. The molecule has 0 aromatic heterocycles. The molecule has 2 aliphatic rings. The highest BCUT2D eigenvalue weighted by molar-refractivity contribution is 6.31. The fraction of sp³-hybridized carbons (Fsp3) is 0.500. The number of ketones is 1. The summed E-state index contributed by atoms with van der Waals surface area (Å²) >= 11 is 6.01. The van der Waals surface area contributed by atoms with Crippen molar-refractivity contribution in [1.29, 1.82) is 0 Å². The Morgan fingerprint density at radius 2 is 2.09 bits per heavy atom. The first-order valence-corrected chi connectivity index (χ1v) is 7.87. The summed E-state index contributed by atoms with van der Waals surface area (Å²) in [6.45, 7) is 1.63. The molecule has 1 unspecified atom stereocenters. The Morgan fingerprint density at radius 1 is 1.23 bits per heavy atom. The average molecular weight is 324 g/mol. The normalized spacial score (nSPS) is 24.4. The lowest BCUT2D eigenvalue weighted by molar-refractivity contribution is -0.124. The number of halogens is 1. The maximum absolute atomic E-state index is 12.6. The molecular formula is C16H18ClNO4. The van der Waals surface area contributed by atoms with Gasteiger partial charge in [0.05, 0.1) is 12.3 Å². The van der Waals surface area contributed by atoms with Gasteiger partial charge in [-0.05, 0) is 37.5 Å². The minimum Gasteiger partial charge on any atom is -0.381 e. The monoisotopic (exact) mass is 323 g/mol. The molecule has 6 heteroatoms. The summed E-state index contributed by atoms with van der Waals surface area (Å²) in [6, 6.07) is 4.93. The second-order valence-electron chi connectivity index (χ2n) is 5.61. The summed E-state index contributed by atoms with van der Waals surface area (Å²) in [4.78, 5) is 24.8. The summed E-state index contributed by atoms with van der Waals surface area (Å²) in [5, 5.41) is 3.26. The molecule has 2 aliphatic heterocycles. The van der Waals surface area contributed by atoms with Crippen molar-refractivity contribution in [2.45, 2.75) is 25.4 Å². The van der Waals surface area contributed by atoms with Gasteiger partial charge in [0.1, 0.15) is 6.10 Å². The van der Waals surface area contributed by atoms with E-state index in [2.05, 4.69) is 5.32 Å². The molecule has 22 heavy (non-hydrogen) atoms. The first-order valence-electron chi connectivity index (χ1n) is 7.49. The largest absolute Gasteiger partial charge is 0.381 e. The Hall–Kier alpha value is -1.43. The molecule has 5 nitrogen and oxygen atoms in total. The van der Waals surface area contributed by atoms with E-state index in [0.717, 1.165) is 6.42 Å². The van der Waals surface area contributed by atoms with Crippen molar-refractivity contribution in [1.82, 2.24) is 0 Å². The molecule has 0 radical (unpaired) electrons. The second-order valence-corrected chi connectivity index (χ2v) is 6.04. The number of hydrogen-bond acceptors (Lipinski definition) is 4. The van der Waals surface area contributed by atoms with Gasteiger partial charge in [-0.2, -0.15) is 0 Å². The van der Waals surface area contributed by atoms with E-state index in [1.807, 2.05) is 0 Å². The van der Waals surface area contributed by atoms with Crippen molar-refractivity contribution >= 4 is 29.0 Å². The molecule has 0 spiro atoms. The molecule has 1 aromatic carbocycles. The number of hydrogen-bond donors (Lipinski definition) is 1. The maximum atomic E-state index is 12.6. The van der Waals surface area contributed by atoms with E-state index in [0.29, 0.717) is 48.9 Å². The summed E-state index contributed by atoms with van der Waals surface area (Å²) in [7, 11) is 0. The fourth-order valence-electron chi connectivity index (χ4n) is 2.79. The topological polar surface area (TPSA) is 64.6 Å². The molecule has 2 fully saturated rings. The van der Waals surface area contributed by atoms with Gasteiger partial charge in [0.2, 0.25) is 0 Å². The first-order chi connectivity index (χ1) is 10.6. The Morgan fingerprint density at radius 3 is 2.77 bits per heavy atom. The van der Waals surface area contributed by atoms with Crippen molar-refractivity contribution in [3.05, 3.63) is 28.8 Å². The minimum atomic E-state index is -0.447. The number of ether oxygens (including phenoxy) is 2. The Kier molecular flexibility index (Phi) is 4.76. The van der Waals surface area contributed by atoms with E-state index < -0.39 is 6.10 Å².